The Balaban J connectivity index is 3.28. The van der Waals surface area contributed by atoms with Gasteiger partial charge in [0.15, 0.2) is 0 Å². The number of nitrogens with two attached hydrogens (primary N) is 1. The molecule has 0 aromatic carbocycles. The first kappa shape index (κ1) is 7.90. The number of nitrogens with one attached hydrogen (secondary N) is 2. The Morgan fingerprint density at radius 2 is 2.11 bits per heavy atom. The summed E-state index contributed by atoms with van der Waals surface area (Å²) in [6.45, 7) is 1.26. The van der Waals surface area contributed by atoms with E-state index in [0.29, 0.717) is 0 Å². The van der Waals surface area contributed by atoms with E-state index in [4.69, 9.17) is 5.84 Å². The van der Waals surface area contributed by atoms with Crippen LogP contribution in [0.15, 0.2) is 0 Å². The average Bonchev–Trinajstić information content (AvgIpc) is 1.83. The molecule has 0 saturated carbocycles. The van der Waals surface area contributed by atoms with Gasteiger partial charge in [0.05, 0.1) is 6.54 Å². The molecule has 0 aromatic rings. The summed E-state index contributed by atoms with van der Waals surface area (Å²) in [6, 6.07) is 0. The van der Waals surface area contributed by atoms with Crippen LogP contribution < -0.4 is 16.6 Å². The van der Waals surface area contributed by atoms with Gasteiger partial charge in [0.25, 0.3) is 5.91 Å². The van der Waals surface area contributed by atoms with Crippen molar-refractivity contribution in [2.24, 2.45) is 5.84 Å². The summed E-state index contributed by atoms with van der Waals surface area (Å²) in [4.78, 5) is 20.4. The second-order valence-electron chi connectivity index (χ2n) is 1.48. The van der Waals surface area contributed by atoms with Gasteiger partial charge in [-0.15, -0.1) is 0 Å². The summed E-state index contributed by atoms with van der Waals surface area (Å²) in [5, 5.41) is 2.27. The van der Waals surface area contributed by atoms with Crippen molar-refractivity contribution < 1.29 is 9.59 Å². The van der Waals surface area contributed by atoms with Gasteiger partial charge in [-0.2, -0.15) is 0 Å². The predicted molar refractivity (Wildman–Crippen MR) is 31.0 cm³/mol. The molecular weight excluding hydrogens is 122 g/mol. The number of rotatable bonds is 2. The third-order valence-electron chi connectivity index (χ3n) is 0.659. The van der Waals surface area contributed by atoms with Crippen molar-refractivity contribution in [3.8, 4) is 0 Å². The van der Waals surface area contributed by atoms with E-state index >= 15 is 0 Å². The van der Waals surface area contributed by atoms with Crippen LogP contribution in [0.4, 0.5) is 0 Å². The molecule has 5 heteroatoms. The highest BCUT2D eigenvalue weighted by molar-refractivity contribution is 5.83. The van der Waals surface area contributed by atoms with Crippen molar-refractivity contribution >= 4 is 11.8 Å². The second-order valence-corrected chi connectivity index (χ2v) is 1.48. The van der Waals surface area contributed by atoms with Crippen molar-refractivity contribution in [1.29, 1.82) is 0 Å². The molecule has 9 heavy (non-hydrogen) atoms. The molecule has 0 unspecified atom stereocenters. The van der Waals surface area contributed by atoms with E-state index in [1.807, 2.05) is 5.43 Å². The summed E-state index contributed by atoms with van der Waals surface area (Å²) in [6.07, 6.45) is 0. The van der Waals surface area contributed by atoms with Gasteiger partial charge in [0, 0.05) is 6.92 Å². The molecule has 0 rings (SSSR count). The van der Waals surface area contributed by atoms with Crippen molar-refractivity contribution in [3.05, 3.63) is 0 Å². The number of hydrazine groups is 1. The Bertz CT molecular complexity index is 123. The van der Waals surface area contributed by atoms with Gasteiger partial charge in [-0.05, 0) is 0 Å². The normalized spacial score (nSPS) is 8.22. The van der Waals surface area contributed by atoms with Crippen molar-refractivity contribution in [2.75, 3.05) is 6.54 Å². The van der Waals surface area contributed by atoms with E-state index in [1.54, 1.807) is 0 Å². The van der Waals surface area contributed by atoms with E-state index in [2.05, 4.69) is 5.32 Å². The molecule has 0 aromatic heterocycles. The molecule has 0 fully saturated rings. The molecule has 0 aliphatic carbocycles. The monoisotopic (exact) mass is 131 g/mol. The van der Waals surface area contributed by atoms with Crippen molar-refractivity contribution in [2.45, 2.75) is 6.92 Å². The molecule has 0 spiro atoms. The smallest absolute Gasteiger partial charge is 0.253 e. The lowest BCUT2D eigenvalue weighted by Crippen LogP contribution is -2.39. The van der Waals surface area contributed by atoms with Crippen LogP contribution in [0.5, 0.6) is 0 Å². The maximum absolute atomic E-state index is 10.3. The molecule has 0 aliphatic rings. The first-order chi connectivity index (χ1) is 4.16. The zero-order chi connectivity index (χ0) is 7.28. The Kier molecular flexibility index (Phi) is 3.38. The maximum atomic E-state index is 10.3. The Morgan fingerprint density at radius 3 is 2.44 bits per heavy atom. The van der Waals surface area contributed by atoms with Crippen molar-refractivity contribution in [1.82, 2.24) is 10.7 Å². The van der Waals surface area contributed by atoms with Crippen LogP contribution in [-0.2, 0) is 9.59 Å². The number of hydrogen-bond acceptors (Lipinski definition) is 3. The number of hydrogen-bond donors (Lipinski definition) is 3. The molecule has 2 amide bonds. The van der Waals surface area contributed by atoms with E-state index in [0.717, 1.165) is 0 Å². The third kappa shape index (κ3) is 4.76. The molecule has 0 heterocycles. The number of carbonyl (C=O) groups excluding carboxylic acids is 2. The standard InChI is InChI=1S/C4H9N3O2/c1-3(8)6-2-4(9)7-5/h2,5H2,1H3,(H,6,8)(H,7,9). The van der Waals surface area contributed by atoms with Gasteiger partial charge in [-0.3, -0.25) is 15.0 Å². The number of amides is 2. The Hall–Kier alpha value is -1.10. The van der Waals surface area contributed by atoms with Gasteiger partial charge in [0.1, 0.15) is 0 Å². The van der Waals surface area contributed by atoms with Crippen LogP contribution in [0.1, 0.15) is 6.92 Å². The highest BCUT2D eigenvalue weighted by atomic mass is 16.2. The van der Waals surface area contributed by atoms with Gasteiger partial charge >= 0.3 is 0 Å². The third-order valence-corrected chi connectivity index (χ3v) is 0.659. The highest BCUT2D eigenvalue weighted by Crippen LogP contribution is 1.59. The van der Waals surface area contributed by atoms with Gasteiger partial charge in [-0.1, -0.05) is 0 Å². The minimum Gasteiger partial charge on any atom is -0.347 e. The van der Waals surface area contributed by atoms with Gasteiger partial charge in [0.2, 0.25) is 5.91 Å². The van der Waals surface area contributed by atoms with Crippen LogP contribution in [0.2, 0.25) is 0 Å². The Labute approximate surface area is 52.6 Å². The summed E-state index contributed by atoms with van der Waals surface area (Å²) >= 11 is 0. The molecule has 52 valence electrons. The van der Waals surface area contributed by atoms with Crippen LogP contribution in [0, 0.1) is 0 Å². The minimum atomic E-state index is -0.412. The van der Waals surface area contributed by atoms with E-state index in [1.165, 1.54) is 6.92 Å². The molecule has 0 saturated heterocycles. The molecule has 5 nitrogen and oxygen atoms in total. The molecule has 4 N–H and O–H groups in total. The predicted octanol–water partition coefficient (Wildman–Crippen LogP) is -1.89. The van der Waals surface area contributed by atoms with Crippen LogP contribution >= 0.6 is 0 Å². The molecular formula is C4H9N3O2. The van der Waals surface area contributed by atoms with Crippen LogP contribution in [-0.4, -0.2) is 18.4 Å². The summed E-state index contributed by atoms with van der Waals surface area (Å²) < 4.78 is 0. The summed E-state index contributed by atoms with van der Waals surface area (Å²) in [7, 11) is 0. The van der Waals surface area contributed by atoms with Crippen LogP contribution in [0.25, 0.3) is 0 Å². The fourth-order valence-corrected chi connectivity index (χ4v) is 0.256. The highest BCUT2D eigenvalue weighted by Gasteiger charge is 1.96. The lowest BCUT2D eigenvalue weighted by molar-refractivity contribution is -0.125. The summed E-state index contributed by atoms with van der Waals surface area (Å²) in [5.74, 6) is 4.04. The average molecular weight is 131 g/mol. The molecule has 0 atom stereocenters. The topological polar surface area (TPSA) is 84.2 Å². The zero-order valence-corrected chi connectivity index (χ0v) is 5.10. The molecule has 0 radical (unpaired) electrons. The van der Waals surface area contributed by atoms with E-state index < -0.39 is 5.91 Å². The quantitative estimate of drug-likeness (QED) is 0.233. The minimum absolute atomic E-state index is 0.0637. The fourth-order valence-electron chi connectivity index (χ4n) is 0.256. The Morgan fingerprint density at radius 1 is 1.56 bits per heavy atom. The summed E-state index contributed by atoms with van der Waals surface area (Å²) in [5.41, 5.74) is 1.87. The van der Waals surface area contributed by atoms with E-state index in [-0.39, 0.29) is 12.5 Å². The van der Waals surface area contributed by atoms with E-state index in [9.17, 15) is 9.59 Å². The van der Waals surface area contributed by atoms with Crippen LogP contribution in [0.3, 0.4) is 0 Å². The van der Waals surface area contributed by atoms with Gasteiger partial charge < -0.3 is 5.32 Å². The fraction of sp³-hybridized carbons (Fsp3) is 0.500. The lowest BCUT2D eigenvalue weighted by Gasteiger charge is -1.97. The maximum Gasteiger partial charge on any atom is 0.253 e. The second kappa shape index (κ2) is 3.85. The molecule has 0 aliphatic heterocycles. The number of carbonyl (C=O) groups is 2. The lowest BCUT2D eigenvalue weighted by atomic mass is 10.6. The first-order valence-corrected chi connectivity index (χ1v) is 2.40. The largest absolute Gasteiger partial charge is 0.347 e. The zero-order valence-electron chi connectivity index (χ0n) is 5.10. The first-order valence-electron chi connectivity index (χ1n) is 2.40. The molecule has 0 bridgehead atoms. The van der Waals surface area contributed by atoms with Gasteiger partial charge in [-0.25, -0.2) is 5.84 Å². The SMILES string of the molecule is CC(=O)NCC(=O)NN. The van der Waals surface area contributed by atoms with Crippen molar-refractivity contribution in [3.63, 3.8) is 0 Å².